The summed E-state index contributed by atoms with van der Waals surface area (Å²) in [5.41, 5.74) is 2.83. The first-order chi connectivity index (χ1) is 9.95. The highest BCUT2D eigenvalue weighted by Gasteiger charge is 2.29. The highest BCUT2D eigenvalue weighted by atomic mass is 32.2. The van der Waals surface area contributed by atoms with Crippen LogP contribution in [0.2, 0.25) is 0 Å². The fraction of sp³-hybridized carbons (Fsp3) is 0.500. The first-order valence-electron chi connectivity index (χ1n) is 7.38. The van der Waals surface area contributed by atoms with Gasteiger partial charge < -0.3 is 5.84 Å². The van der Waals surface area contributed by atoms with Crippen LogP contribution < -0.4 is 5.84 Å². The summed E-state index contributed by atoms with van der Waals surface area (Å²) >= 11 is 1.64. The van der Waals surface area contributed by atoms with E-state index in [4.69, 9.17) is 5.84 Å². The summed E-state index contributed by atoms with van der Waals surface area (Å²) in [7, 11) is 0. The van der Waals surface area contributed by atoms with E-state index in [0.29, 0.717) is 5.92 Å². The molecule has 0 atom stereocenters. The molecule has 2 aromatic rings. The van der Waals surface area contributed by atoms with Gasteiger partial charge in [0, 0.05) is 11.7 Å². The van der Waals surface area contributed by atoms with Crippen LogP contribution >= 0.6 is 11.8 Å². The Morgan fingerprint density at radius 3 is 2.43 bits per heavy atom. The van der Waals surface area contributed by atoms with Crippen LogP contribution in [-0.2, 0) is 11.2 Å². The third kappa shape index (κ3) is 3.23. The lowest BCUT2D eigenvalue weighted by atomic mass is 9.87. The van der Waals surface area contributed by atoms with Gasteiger partial charge in [-0.3, -0.25) is 0 Å². The van der Waals surface area contributed by atoms with Gasteiger partial charge in [0.2, 0.25) is 5.16 Å². The second kappa shape index (κ2) is 5.37. The van der Waals surface area contributed by atoms with Crippen LogP contribution in [0, 0.1) is 0 Å². The number of benzene rings is 1. The summed E-state index contributed by atoms with van der Waals surface area (Å²) in [5.74, 6) is 8.39. The molecule has 3 rings (SSSR count). The molecule has 2 N–H and O–H groups in total. The predicted molar refractivity (Wildman–Crippen MR) is 86.9 cm³/mol. The monoisotopic (exact) mass is 302 g/mol. The van der Waals surface area contributed by atoms with Crippen molar-refractivity contribution in [1.29, 1.82) is 0 Å². The lowest BCUT2D eigenvalue weighted by Gasteiger charge is -2.19. The zero-order valence-corrected chi connectivity index (χ0v) is 13.7. The molecule has 1 fully saturated rings. The molecule has 0 amide bonds. The maximum absolute atomic E-state index is 6.06. The van der Waals surface area contributed by atoms with Crippen molar-refractivity contribution in [2.45, 2.75) is 55.9 Å². The Balaban J connectivity index is 1.65. The molecule has 0 unspecified atom stereocenters. The number of hydrogen-bond donors (Lipinski definition) is 1. The van der Waals surface area contributed by atoms with Gasteiger partial charge in [-0.05, 0) is 29.4 Å². The second-order valence-electron chi connectivity index (χ2n) is 6.72. The van der Waals surface area contributed by atoms with Crippen molar-refractivity contribution in [3.05, 3.63) is 41.2 Å². The largest absolute Gasteiger partial charge is 0.336 e. The zero-order chi connectivity index (χ0) is 15.0. The second-order valence-corrected chi connectivity index (χ2v) is 7.66. The Morgan fingerprint density at radius 2 is 1.86 bits per heavy atom. The van der Waals surface area contributed by atoms with Crippen LogP contribution in [0.15, 0.2) is 29.4 Å². The van der Waals surface area contributed by atoms with Crippen molar-refractivity contribution in [1.82, 2.24) is 14.9 Å². The molecule has 0 aliphatic heterocycles. The summed E-state index contributed by atoms with van der Waals surface area (Å²) in [6, 6.07) is 8.79. The number of nitrogens with zero attached hydrogens (tertiary/aromatic N) is 3. The minimum Gasteiger partial charge on any atom is -0.336 e. The number of nitrogens with two attached hydrogens (primary N) is 1. The van der Waals surface area contributed by atoms with Crippen LogP contribution in [0.4, 0.5) is 0 Å². The molecule has 0 saturated heterocycles. The van der Waals surface area contributed by atoms with E-state index in [0.717, 1.165) is 16.7 Å². The van der Waals surface area contributed by atoms with Crippen molar-refractivity contribution < 1.29 is 0 Å². The van der Waals surface area contributed by atoms with E-state index in [1.165, 1.54) is 24.0 Å². The number of rotatable bonds is 4. The summed E-state index contributed by atoms with van der Waals surface area (Å²) in [5, 5.41) is 9.21. The normalized spacial score (nSPS) is 15.4. The van der Waals surface area contributed by atoms with Gasteiger partial charge >= 0.3 is 0 Å². The van der Waals surface area contributed by atoms with Gasteiger partial charge in [0.1, 0.15) is 0 Å². The van der Waals surface area contributed by atoms with E-state index in [9.17, 15) is 0 Å². The summed E-state index contributed by atoms with van der Waals surface area (Å²) in [4.78, 5) is 0. The van der Waals surface area contributed by atoms with Crippen LogP contribution in [0.5, 0.6) is 0 Å². The van der Waals surface area contributed by atoms with Crippen molar-refractivity contribution in [3.63, 3.8) is 0 Å². The Kier molecular flexibility index (Phi) is 3.69. The van der Waals surface area contributed by atoms with Crippen molar-refractivity contribution in [2.75, 3.05) is 5.84 Å². The third-order valence-corrected chi connectivity index (χ3v) is 4.84. The molecular formula is C16H22N4S. The van der Waals surface area contributed by atoms with Crippen LogP contribution in [0.3, 0.4) is 0 Å². The van der Waals surface area contributed by atoms with Crippen LogP contribution in [0.25, 0.3) is 0 Å². The maximum atomic E-state index is 6.06. The van der Waals surface area contributed by atoms with Gasteiger partial charge in [-0.2, -0.15) is 0 Å². The highest BCUT2D eigenvalue weighted by Crippen LogP contribution is 2.39. The molecule has 1 saturated carbocycles. The molecule has 1 aliphatic carbocycles. The maximum Gasteiger partial charge on any atom is 0.210 e. The van der Waals surface area contributed by atoms with E-state index in [1.54, 1.807) is 16.4 Å². The standard InChI is InChI=1S/C16H22N4S/c1-16(2,3)13-8-4-11(5-9-13)10-21-15-19-18-14(20(15)17)12-6-7-12/h4-5,8-9,12H,6-7,10,17H2,1-3H3. The molecule has 21 heavy (non-hydrogen) atoms. The fourth-order valence-electron chi connectivity index (χ4n) is 2.26. The molecule has 0 bridgehead atoms. The average Bonchev–Trinajstić information content (AvgIpc) is 3.21. The minimum absolute atomic E-state index is 0.197. The quantitative estimate of drug-likeness (QED) is 0.694. The number of thioether (sulfide) groups is 1. The molecule has 1 aromatic heterocycles. The molecule has 1 aromatic carbocycles. The number of aromatic nitrogens is 3. The fourth-order valence-corrected chi connectivity index (χ4v) is 3.07. The topological polar surface area (TPSA) is 56.7 Å². The van der Waals surface area contributed by atoms with Crippen LogP contribution in [0.1, 0.15) is 56.5 Å². The van der Waals surface area contributed by atoms with E-state index < -0.39 is 0 Å². The minimum atomic E-state index is 0.197. The Hall–Kier alpha value is -1.49. The SMILES string of the molecule is CC(C)(C)c1ccc(CSc2nnc(C3CC3)n2N)cc1. The third-order valence-electron chi connectivity index (χ3n) is 3.82. The van der Waals surface area contributed by atoms with Gasteiger partial charge in [0.25, 0.3) is 0 Å². The Labute approximate surface area is 130 Å². The molecule has 112 valence electrons. The summed E-state index contributed by atoms with van der Waals surface area (Å²) < 4.78 is 1.66. The van der Waals surface area contributed by atoms with Crippen LogP contribution in [-0.4, -0.2) is 14.9 Å². The smallest absolute Gasteiger partial charge is 0.210 e. The molecule has 5 heteroatoms. The van der Waals surface area contributed by atoms with Crippen molar-refractivity contribution in [2.24, 2.45) is 0 Å². The molecule has 0 spiro atoms. The van der Waals surface area contributed by atoms with Gasteiger partial charge in [0.05, 0.1) is 0 Å². The molecule has 1 aliphatic rings. The Morgan fingerprint density at radius 1 is 1.19 bits per heavy atom. The summed E-state index contributed by atoms with van der Waals surface area (Å²) in [6.07, 6.45) is 2.38. The van der Waals surface area contributed by atoms with Crippen molar-refractivity contribution >= 4 is 11.8 Å². The lowest BCUT2D eigenvalue weighted by Crippen LogP contribution is -2.13. The predicted octanol–water partition coefficient (Wildman–Crippen LogP) is 3.46. The molecule has 0 radical (unpaired) electrons. The van der Waals surface area contributed by atoms with Crippen molar-refractivity contribution in [3.8, 4) is 0 Å². The van der Waals surface area contributed by atoms with E-state index >= 15 is 0 Å². The van der Waals surface area contributed by atoms with E-state index in [1.807, 2.05) is 0 Å². The summed E-state index contributed by atoms with van der Waals surface area (Å²) in [6.45, 7) is 6.69. The number of hydrogen-bond acceptors (Lipinski definition) is 4. The van der Waals surface area contributed by atoms with Gasteiger partial charge in [-0.15, -0.1) is 10.2 Å². The zero-order valence-electron chi connectivity index (χ0n) is 12.8. The molecule has 1 heterocycles. The van der Waals surface area contributed by atoms with E-state index in [-0.39, 0.29) is 5.41 Å². The highest BCUT2D eigenvalue weighted by molar-refractivity contribution is 7.98. The van der Waals surface area contributed by atoms with E-state index in [2.05, 4.69) is 55.2 Å². The molecule has 4 nitrogen and oxygen atoms in total. The van der Waals surface area contributed by atoms with Gasteiger partial charge in [0.15, 0.2) is 5.82 Å². The lowest BCUT2D eigenvalue weighted by molar-refractivity contribution is 0.590. The first-order valence-corrected chi connectivity index (χ1v) is 8.36. The first kappa shape index (κ1) is 14.4. The van der Waals surface area contributed by atoms with Gasteiger partial charge in [-0.25, -0.2) is 4.68 Å². The molecular weight excluding hydrogens is 280 g/mol. The Bertz CT molecular complexity index is 621. The number of nitrogen functional groups attached to an aromatic ring is 1. The average molecular weight is 302 g/mol. The van der Waals surface area contributed by atoms with Gasteiger partial charge in [-0.1, -0.05) is 56.8 Å².